The highest BCUT2D eigenvalue weighted by Gasteiger charge is 2.52. The van der Waals surface area contributed by atoms with Crippen molar-refractivity contribution >= 4 is 17.6 Å². The molecule has 4 rings (SSSR count). The number of amides is 3. The Morgan fingerprint density at radius 3 is 2.70 bits per heavy atom. The largest absolute Gasteiger partial charge is 0.381 e. The number of fused-ring (bicyclic) bond motifs is 2. The molecular formula is C21H29N3O3. The minimum Gasteiger partial charge on any atom is -0.381 e. The Morgan fingerprint density at radius 1 is 1.30 bits per heavy atom. The highest BCUT2D eigenvalue weighted by Crippen LogP contribution is 2.48. The van der Waals surface area contributed by atoms with Gasteiger partial charge in [0.15, 0.2) is 0 Å². The molecule has 1 spiro atoms. The number of anilines is 1. The van der Waals surface area contributed by atoms with Crippen LogP contribution in [0.1, 0.15) is 38.7 Å². The van der Waals surface area contributed by atoms with Crippen LogP contribution >= 0.6 is 0 Å². The summed E-state index contributed by atoms with van der Waals surface area (Å²) in [5.41, 5.74) is 1.71. The van der Waals surface area contributed by atoms with Gasteiger partial charge in [-0.05, 0) is 44.7 Å². The fourth-order valence-electron chi connectivity index (χ4n) is 4.68. The first-order chi connectivity index (χ1) is 13.0. The summed E-state index contributed by atoms with van der Waals surface area (Å²) in [4.78, 5) is 29.7. The Labute approximate surface area is 160 Å². The summed E-state index contributed by atoms with van der Waals surface area (Å²) in [5, 5.41) is 2.96. The van der Waals surface area contributed by atoms with E-state index in [1.807, 2.05) is 35.8 Å². The van der Waals surface area contributed by atoms with Gasteiger partial charge in [0.25, 0.3) is 0 Å². The molecule has 0 bridgehead atoms. The average molecular weight is 371 g/mol. The Morgan fingerprint density at radius 2 is 2.04 bits per heavy atom. The number of piperidine rings is 1. The van der Waals surface area contributed by atoms with Gasteiger partial charge < -0.3 is 19.9 Å². The number of carbonyl (C=O) groups is 2. The average Bonchev–Trinajstić information content (AvgIpc) is 3.25. The number of urea groups is 1. The predicted molar refractivity (Wildman–Crippen MR) is 104 cm³/mol. The number of nitrogens with zero attached hydrogens (tertiary/aromatic N) is 2. The van der Waals surface area contributed by atoms with Crippen molar-refractivity contribution in [2.24, 2.45) is 5.92 Å². The Kier molecular flexibility index (Phi) is 4.84. The number of hydrogen-bond donors (Lipinski definition) is 1. The molecule has 2 saturated heterocycles. The van der Waals surface area contributed by atoms with Gasteiger partial charge in [0, 0.05) is 43.9 Å². The second kappa shape index (κ2) is 7.15. The van der Waals surface area contributed by atoms with Crippen molar-refractivity contribution in [3.8, 4) is 0 Å². The SMILES string of the molecule is CC(C)NC(=O)N1CCC2(CC1)C(=O)N(C[C@@H]1CCOC1)c1ccccc12. The van der Waals surface area contributed by atoms with Crippen molar-refractivity contribution < 1.29 is 14.3 Å². The predicted octanol–water partition coefficient (Wildman–Crippen LogP) is 2.52. The Bertz CT molecular complexity index is 719. The second-order valence-electron chi connectivity index (χ2n) is 8.34. The van der Waals surface area contributed by atoms with Crippen molar-refractivity contribution in [3.05, 3.63) is 29.8 Å². The number of para-hydroxylation sites is 1. The zero-order chi connectivity index (χ0) is 19.0. The summed E-state index contributed by atoms with van der Waals surface area (Å²) in [6.07, 6.45) is 2.39. The quantitative estimate of drug-likeness (QED) is 0.888. The van der Waals surface area contributed by atoms with Gasteiger partial charge in [0.1, 0.15) is 0 Å². The van der Waals surface area contributed by atoms with E-state index in [9.17, 15) is 9.59 Å². The lowest BCUT2D eigenvalue weighted by molar-refractivity contribution is -0.124. The zero-order valence-electron chi connectivity index (χ0n) is 16.2. The molecule has 6 heteroatoms. The third-order valence-corrected chi connectivity index (χ3v) is 6.15. The maximum absolute atomic E-state index is 13.5. The van der Waals surface area contributed by atoms with E-state index in [0.29, 0.717) is 31.8 Å². The molecule has 1 atom stereocenters. The van der Waals surface area contributed by atoms with Crippen LogP contribution in [0.15, 0.2) is 24.3 Å². The molecule has 0 aliphatic carbocycles. The molecule has 1 aromatic carbocycles. The van der Waals surface area contributed by atoms with Gasteiger partial charge in [0.05, 0.1) is 12.0 Å². The standard InChI is InChI=1S/C21H29N3O3/c1-15(2)22-20(26)23-10-8-21(9-11-23)17-5-3-4-6-18(17)24(19(21)25)13-16-7-12-27-14-16/h3-6,15-16H,7-14H2,1-2H3,(H,22,26)/t16-/m0/s1. The molecule has 3 amide bonds. The highest BCUT2D eigenvalue weighted by atomic mass is 16.5. The van der Waals surface area contributed by atoms with Gasteiger partial charge in [-0.25, -0.2) is 4.79 Å². The van der Waals surface area contributed by atoms with Crippen LogP contribution in [0.4, 0.5) is 10.5 Å². The maximum Gasteiger partial charge on any atom is 0.317 e. The third kappa shape index (κ3) is 3.20. The molecular weight excluding hydrogens is 342 g/mol. The number of nitrogens with one attached hydrogen (secondary N) is 1. The summed E-state index contributed by atoms with van der Waals surface area (Å²) < 4.78 is 5.51. The van der Waals surface area contributed by atoms with Crippen molar-refractivity contribution in [1.82, 2.24) is 10.2 Å². The van der Waals surface area contributed by atoms with Gasteiger partial charge in [-0.1, -0.05) is 18.2 Å². The van der Waals surface area contributed by atoms with E-state index in [4.69, 9.17) is 4.74 Å². The number of benzene rings is 1. The van der Waals surface area contributed by atoms with Gasteiger partial charge in [0.2, 0.25) is 5.91 Å². The van der Waals surface area contributed by atoms with Crippen molar-refractivity contribution in [2.75, 3.05) is 37.7 Å². The summed E-state index contributed by atoms with van der Waals surface area (Å²) in [6, 6.07) is 8.28. The highest BCUT2D eigenvalue weighted by molar-refractivity contribution is 6.08. The lowest BCUT2D eigenvalue weighted by Gasteiger charge is -2.38. The number of ether oxygens (including phenoxy) is 1. The van der Waals surface area contributed by atoms with Crippen LogP contribution in [0.2, 0.25) is 0 Å². The number of hydrogen-bond acceptors (Lipinski definition) is 3. The lowest BCUT2D eigenvalue weighted by Crippen LogP contribution is -2.53. The summed E-state index contributed by atoms with van der Waals surface area (Å²) in [7, 11) is 0. The molecule has 0 aromatic heterocycles. The fourth-order valence-corrected chi connectivity index (χ4v) is 4.68. The molecule has 0 saturated carbocycles. The van der Waals surface area contributed by atoms with Gasteiger partial charge in [-0.15, -0.1) is 0 Å². The maximum atomic E-state index is 13.5. The molecule has 0 unspecified atom stereocenters. The molecule has 1 aromatic rings. The monoisotopic (exact) mass is 371 g/mol. The van der Waals surface area contributed by atoms with Crippen LogP contribution in [0, 0.1) is 5.92 Å². The van der Waals surface area contributed by atoms with E-state index in [1.165, 1.54) is 0 Å². The Hall–Kier alpha value is -2.08. The minimum absolute atomic E-state index is 0.0291. The van der Waals surface area contributed by atoms with Crippen LogP contribution in [-0.4, -0.2) is 55.7 Å². The molecule has 6 nitrogen and oxygen atoms in total. The van der Waals surface area contributed by atoms with Crippen molar-refractivity contribution in [3.63, 3.8) is 0 Å². The fraction of sp³-hybridized carbons (Fsp3) is 0.619. The second-order valence-corrected chi connectivity index (χ2v) is 8.34. The van der Waals surface area contributed by atoms with Crippen LogP contribution < -0.4 is 10.2 Å². The first-order valence-corrected chi connectivity index (χ1v) is 10.1. The molecule has 27 heavy (non-hydrogen) atoms. The van der Waals surface area contributed by atoms with E-state index in [-0.39, 0.29) is 18.0 Å². The number of carbonyl (C=O) groups excluding carboxylic acids is 2. The molecule has 0 radical (unpaired) electrons. The normalized spacial score (nSPS) is 24.0. The molecule has 2 fully saturated rings. The van der Waals surface area contributed by atoms with E-state index >= 15 is 0 Å². The molecule has 3 aliphatic rings. The number of rotatable bonds is 3. The first kappa shape index (κ1) is 18.3. The van der Waals surface area contributed by atoms with E-state index in [2.05, 4.69) is 17.4 Å². The van der Waals surface area contributed by atoms with Crippen LogP contribution in [0.3, 0.4) is 0 Å². The van der Waals surface area contributed by atoms with Gasteiger partial charge in [-0.2, -0.15) is 0 Å². The smallest absolute Gasteiger partial charge is 0.317 e. The third-order valence-electron chi connectivity index (χ3n) is 6.15. The summed E-state index contributed by atoms with van der Waals surface area (Å²) in [6.45, 7) is 7.41. The number of likely N-dealkylation sites (tertiary alicyclic amines) is 1. The molecule has 3 heterocycles. The Balaban J connectivity index is 1.54. The zero-order valence-corrected chi connectivity index (χ0v) is 16.2. The molecule has 1 N–H and O–H groups in total. The van der Waals surface area contributed by atoms with Gasteiger partial charge >= 0.3 is 6.03 Å². The lowest BCUT2D eigenvalue weighted by atomic mass is 9.73. The van der Waals surface area contributed by atoms with Crippen molar-refractivity contribution in [1.29, 1.82) is 0 Å². The van der Waals surface area contributed by atoms with E-state index < -0.39 is 5.41 Å². The molecule has 146 valence electrons. The summed E-state index contributed by atoms with van der Waals surface area (Å²) >= 11 is 0. The topological polar surface area (TPSA) is 61.9 Å². The van der Waals surface area contributed by atoms with Gasteiger partial charge in [-0.3, -0.25) is 4.79 Å². The van der Waals surface area contributed by atoms with E-state index in [0.717, 1.165) is 37.4 Å². The first-order valence-electron chi connectivity index (χ1n) is 10.1. The van der Waals surface area contributed by atoms with Crippen LogP contribution in [-0.2, 0) is 14.9 Å². The summed E-state index contributed by atoms with van der Waals surface area (Å²) in [5.74, 6) is 0.619. The van der Waals surface area contributed by atoms with Crippen LogP contribution in [0.5, 0.6) is 0 Å². The van der Waals surface area contributed by atoms with Crippen LogP contribution in [0.25, 0.3) is 0 Å². The van der Waals surface area contributed by atoms with E-state index in [1.54, 1.807) is 0 Å². The molecule has 3 aliphatic heterocycles. The minimum atomic E-state index is -0.481. The van der Waals surface area contributed by atoms with Crippen molar-refractivity contribution in [2.45, 2.75) is 44.6 Å².